The Bertz CT molecular complexity index is 889. The standard InChI is InChI=1S/C19H23N5O2S/c25-17-10-20-3-6-24(17)18-7-13-9-21-14(8-16(13)27-18)19(26)22-15-11-23-4-1-12(15)2-5-23/h7-9,12,15,20H,1-6,10-11H2,(H,22,26). The number of thiophene rings is 1. The number of piperazine rings is 1. The summed E-state index contributed by atoms with van der Waals surface area (Å²) < 4.78 is 0.991. The number of piperidine rings is 3. The van der Waals surface area contributed by atoms with Gasteiger partial charge in [0.2, 0.25) is 5.91 Å². The zero-order valence-corrected chi connectivity index (χ0v) is 15.9. The fourth-order valence-electron chi connectivity index (χ4n) is 4.39. The Morgan fingerprint density at radius 1 is 1.26 bits per heavy atom. The van der Waals surface area contributed by atoms with Gasteiger partial charge < -0.3 is 20.4 Å². The highest BCUT2D eigenvalue weighted by Gasteiger charge is 2.35. The zero-order chi connectivity index (χ0) is 18.4. The van der Waals surface area contributed by atoms with Crippen LogP contribution in [0.2, 0.25) is 0 Å². The lowest BCUT2D eigenvalue weighted by Gasteiger charge is -2.44. The molecule has 2 aromatic heterocycles. The summed E-state index contributed by atoms with van der Waals surface area (Å²) in [6.07, 6.45) is 4.09. The summed E-state index contributed by atoms with van der Waals surface area (Å²) >= 11 is 1.55. The average Bonchev–Trinajstić information content (AvgIpc) is 3.12. The van der Waals surface area contributed by atoms with Crippen LogP contribution in [-0.2, 0) is 4.79 Å². The van der Waals surface area contributed by atoms with Gasteiger partial charge in [0.25, 0.3) is 5.91 Å². The number of fused-ring (bicyclic) bond motifs is 4. The molecule has 7 nitrogen and oxygen atoms in total. The molecule has 0 radical (unpaired) electrons. The second-order valence-corrected chi connectivity index (χ2v) is 8.69. The van der Waals surface area contributed by atoms with E-state index in [1.807, 2.05) is 17.0 Å². The van der Waals surface area contributed by atoms with Gasteiger partial charge in [-0.25, -0.2) is 0 Å². The minimum Gasteiger partial charge on any atom is -0.346 e. The number of aromatic nitrogens is 1. The van der Waals surface area contributed by atoms with E-state index in [4.69, 9.17) is 0 Å². The Balaban J connectivity index is 1.34. The molecule has 142 valence electrons. The topological polar surface area (TPSA) is 77.6 Å². The first-order valence-corrected chi connectivity index (χ1v) is 10.4. The first-order chi connectivity index (χ1) is 13.2. The van der Waals surface area contributed by atoms with E-state index in [-0.39, 0.29) is 17.9 Å². The summed E-state index contributed by atoms with van der Waals surface area (Å²) in [6, 6.07) is 4.08. The van der Waals surface area contributed by atoms with Crippen molar-refractivity contribution in [2.45, 2.75) is 18.9 Å². The number of pyridine rings is 1. The van der Waals surface area contributed by atoms with Crippen molar-refractivity contribution in [3.8, 4) is 0 Å². The molecule has 4 saturated heterocycles. The van der Waals surface area contributed by atoms with Gasteiger partial charge >= 0.3 is 0 Å². The molecule has 8 heteroatoms. The molecule has 27 heavy (non-hydrogen) atoms. The number of carbonyl (C=O) groups excluding carboxylic acids is 2. The smallest absolute Gasteiger partial charge is 0.270 e. The van der Waals surface area contributed by atoms with Crippen LogP contribution in [0.3, 0.4) is 0 Å². The van der Waals surface area contributed by atoms with E-state index in [0.717, 1.165) is 41.3 Å². The predicted molar refractivity (Wildman–Crippen MR) is 105 cm³/mol. The Morgan fingerprint density at radius 2 is 2.11 bits per heavy atom. The van der Waals surface area contributed by atoms with Crippen LogP contribution >= 0.6 is 11.3 Å². The minimum atomic E-state index is -0.0937. The van der Waals surface area contributed by atoms with Crippen LogP contribution in [0.4, 0.5) is 5.00 Å². The SMILES string of the molecule is O=C(NC1CN2CCC1CC2)c1cc2sc(N3CCNCC3=O)cc2cn1. The molecule has 0 spiro atoms. The molecule has 4 aliphatic rings. The molecule has 0 aromatic carbocycles. The van der Waals surface area contributed by atoms with Gasteiger partial charge in [0.15, 0.2) is 0 Å². The van der Waals surface area contributed by atoms with Crippen molar-refractivity contribution in [1.82, 2.24) is 20.5 Å². The molecule has 0 saturated carbocycles. The number of rotatable bonds is 3. The van der Waals surface area contributed by atoms with Crippen molar-refractivity contribution in [2.75, 3.05) is 44.2 Å². The van der Waals surface area contributed by atoms with Gasteiger partial charge in [-0.1, -0.05) is 0 Å². The first-order valence-electron chi connectivity index (χ1n) is 9.61. The van der Waals surface area contributed by atoms with Crippen LogP contribution in [0.15, 0.2) is 18.3 Å². The van der Waals surface area contributed by atoms with Gasteiger partial charge in [0, 0.05) is 42.0 Å². The fourth-order valence-corrected chi connectivity index (χ4v) is 5.50. The molecular formula is C19H23N5O2S. The van der Waals surface area contributed by atoms with Crippen molar-refractivity contribution in [3.05, 3.63) is 24.0 Å². The van der Waals surface area contributed by atoms with Crippen molar-refractivity contribution >= 4 is 38.2 Å². The van der Waals surface area contributed by atoms with E-state index >= 15 is 0 Å². The van der Waals surface area contributed by atoms with Crippen molar-refractivity contribution < 1.29 is 9.59 Å². The van der Waals surface area contributed by atoms with Gasteiger partial charge in [-0.3, -0.25) is 14.6 Å². The monoisotopic (exact) mass is 385 g/mol. The molecule has 1 unspecified atom stereocenters. The summed E-state index contributed by atoms with van der Waals surface area (Å²) in [7, 11) is 0. The Labute approximate surface area is 161 Å². The van der Waals surface area contributed by atoms with Crippen molar-refractivity contribution in [1.29, 1.82) is 0 Å². The highest BCUT2D eigenvalue weighted by atomic mass is 32.1. The summed E-state index contributed by atoms with van der Waals surface area (Å²) in [6.45, 7) is 5.11. The summed E-state index contributed by atoms with van der Waals surface area (Å²) in [5, 5.41) is 8.18. The fraction of sp³-hybridized carbons (Fsp3) is 0.526. The second-order valence-electron chi connectivity index (χ2n) is 7.63. The molecule has 6 heterocycles. The van der Waals surface area contributed by atoms with Crippen molar-refractivity contribution in [2.24, 2.45) is 5.92 Å². The lowest BCUT2D eigenvalue weighted by molar-refractivity contribution is -0.118. The largest absolute Gasteiger partial charge is 0.346 e. The van der Waals surface area contributed by atoms with E-state index in [1.54, 1.807) is 17.5 Å². The number of nitrogens with zero attached hydrogens (tertiary/aromatic N) is 3. The molecule has 4 aliphatic heterocycles. The summed E-state index contributed by atoms with van der Waals surface area (Å²) in [4.78, 5) is 33.5. The normalized spacial score (nSPS) is 27.9. The predicted octanol–water partition coefficient (Wildman–Crippen LogP) is 1.06. The summed E-state index contributed by atoms with van der Waals surface area (Å²) in [5.41, 5.74) is 0.457. The van der Waals surface area contributed by atoms with Gasteiger partial charge in [0.1, 0.15) is 5.69 Å². The second kappa shape index (κ2) is 6.85. The molecular weight excluding hydrogens is 362 g/mol. The third-order valence-electron chi connectivity index (χ3n) is 5.95. The first kappa shape index (κ1) is 17.1. The van der Waals surface area contributed by atoms with Crippen LogP contribution in [0.25, 0.3) is 10.1 Å². The molecule has 2 aromatic rings. The summed E-state index contributed by atoms with van der Waals surface area (Å²) in [5.74, 6) is 0.583. The molecule has 1 atom stereocenters. The van der Waals surface area contributed by atoms with E-state index in [2.05, 4.69) is 20.5 Å². The van der Waals surface area contributed by atoms with Gasteiger partial charge in [-0.2, -0.15) is 0 Å². The van der Waals surface area contributed by atoms with Crippen LogP contribution in [0.1, 0.15) is 23.3 Å². The quantitative estimate of drug-likeness (QED) is 0.826. The lowest BCUT2D eigenvalue weighted by Crippen LogP contribution is -2.57. The maximum atomic E-state index is 12.7. The molecule has 2 bridgehead atoms. The Morgan fingerprint density at radius 3 is 2.85 bits per heavy atom. The van der Waals surface area contributed by atoms with E-state index in [0.29, 0.717) is 24.7 Å². The lowest BCUT2D eigenvalue weighted by atomic mass is 9.84. The number of nitrogens with one attached hydrogen (secondary N) is 2. The van der Waals surface area contributed by atoms with E-state index in [9.17, 15) is 9.59 Å². The molecule has 2 amide bonds. The van der Waals surface area contributed by atoms with E-state index in [1.165, 1.54) is 12.8 Å². The third-order valence-corrected chi connectivity index (χ3v) is 7.07. The highest BCUT2D eigenvalue weighted by molar-refractivity contribution is 7.23. The molecule has 2 N–H and O–H groups in total. The van der Waals surface area contributed by atoms with Gasteiger partial charge in [-0.15, -0.1) is 11.3 Å². The molecule has 0 aliphatic carbocycles. The highest BCUT2D eigenvalue weighted by Crippen LogP contribution is 2.33. The van der Waals surface area contributed by atoms with Gasteiger partial charge in [-0.05, 0) is 44.0 Å². The van der Waals surface area contributed by atoms with Crippen LogP contribution < -0.4 is 15.5 Å². The average molecular weight is 385 g/mol. The van der Waals surface area contributed by atoms with Gasteiger partial charge in [0.05, 0.1) is 11.5 Å². The number of carbonyl (C=O) groups is 2. The maximum Gasteiger partial charge on any atom is 0.270 e. The van der Waals surface area contributed by atoms with Crippen LogP contribution in [-0.4, -0.2) is 67.0 Å². The zero-order valence-electron chi connectivity index (χ0n) is 15.1. The number of amides is 2. The molecule has 4 fully saturated rings. The minimum absolute atomic E-state index is 0.0843. The molecule has 6 rings (SSSR count). The Hall–Kier alpha value is -2.03. The van der Waals surface area contributed by atoms with Crippen LogP contribution in [0, 0.1) is 5.92 Å². The maximum absolute atomic E-state index is 12.7. The third kappa shape index (κ3) is 3.22. The van der Waals surface area contributed by atoms with Crippen molar-refractivity contribution in [3.63, 3.8) is 0 Å². The Kier molecular flexibility index (Phi) is 4.34. The number of hydrogen-bond donors (Lipinski definition) is 2. The number of anilines is 1. The number of hydrogen-bond acceptors (Lipinski definition) is 6. The van der Waals surface area contributed by atoms with Crippen LogP contribution in [0.5, 0.6) is 0 Å². The van der Waals surface area contributed by atoms with E-state index < -0.39 is 0 Å².